The summed E-state index contributed by atoms with van der Waals surface area (Å²) in [6, 6.07) is 9.86. The van der Waals surface area contributed by atoms with Crippen molar-refractivity contribution in [2.45, 2.75) is 31.5 Å². The van der Waals surface area contributed by atoms with Crippen LogP contribution in [-0.4, -0.2) is 11.5 Å². The summed E-state index contributed by atoms with van der Waals surface area (Å²) in [7, 11) is 0. The molecule has 1 aliphatic carbocycles. The van der Waals surface area contributed by atoms with Crippen LogP contribution in [0.4, 0.5) is 13.2 Å². The van der Waals surface area contributed by atoms with Crippen molar-refractivity contribution >= 4 is 0 Å². The van der Waals surface area contributed by atoms with Crippen LogP contribution in [0, 0.1) is 5.41 Å². The summed E-state index contributed by atoms with van der Waals surface area (Å²) in [6.45, 7) is 0.959. The molecule has 2 aromatic rings. The van der Waals surface area contributed by atoms with Gasteiger partial charge in [-0.3, -0.25) is 4.98 Å². The molecular formula is C18H17F3N2. The fourth-order valence-corrected chi connectivity index (χ4v) is 3.56. The molecule has 120 valence electrons. The molecule has 0 amide bonds. The van der Waals surface area contributed by atoms with Gasteiger partial charge in [-0.2, -0.15) is 13.2 Å². The van der Waals surface area contributed by atoms with E-state index >= 15 is 0 Å². The zero-order valence-electron chi connectivity index (χ0n) is 12.5. The summed E-state index contributed by atoms with van der Waals surface area (Å²) in [6.07, 6.45) is 0.452. The third kappa shape index (κ3) is 2.63. The SMILES string of the molecule is FC(F)(F)c1cccnc1-c1ccccc1C1CC2(CC2)CN1. The Morgan fingerprint density at radius 2 is 1.87 bits per heavy atom. The number of hydrogen-bond donors (Lipinski definition) is 1. The zero-order chi connectivity index (χ0) is 16.1. The Bertz CT molecular complexity index is 735. The van der Waals surface area contributed by atoms with Crippen LogP contribution in [0.3, 0.4) is 0 Å². The van der Waals surface area contributed by atoms with Crippen molar-refractivity contribution in [3.8, 4) is 11.3 Å². The lowest BCUT2D eigenvalue weighted by molar-refractivity contribution is -0.137. The normalized spacial score (nSPS) is 22.5. The molecule has 4 rings (SSSR count). The molecule has 1 aromatic carbocycles. The quantitative estimate of drug-likeness (QED) is 0.876. The fourth-order valence-electron chi connectivity index (χ4n) is 3.56. The Balaban J connectivity index is 1.79. The summed E-state index contributed by atoms with van der Waals surface area (Å²) in [4.78, 5) is 4.05. The highest BCUT2D eigenvalue weighted by Gasteiger charge is 2.48. The maximum atomic E-state index is 13.3. The Hall–Kier alpha value is -1.88. The number of pyridine rings is 1. The first-order valence-electron chi connectivity index (χ1n) is 7.83. The van der Waals surface area contributed by atoms with E-state index in [0.29, 0.717) is 11.0 Å². The van der Waals surface area contributed by atoms with Gasteiger partial charge in [0.05, 0.1) is 11.3 Å². The number of aromatic nitrogens is 1. The lowest BCUT2D eigenvalue weighted by atomic mass is 9.92. The minimum Gasteiger partial charge on any atom is -0.309 e. The highest BCUT2D eigenvalue weighted by Crippen LogP contribution is 2.55. The Morgan fingerprint density at radius 3 is 2.57 bits per heavy atom. The van der Waals surface area contributed by atoms with Crippen molar-refractivity contribution in [2.24, 2.45) is 5.41 Å². The largest absolute Gasteiger partial charge is 0.418 e. The number of nitrogens with one attached hydrogen (secondary N) is 1. The highest BCUT2D eigenvalue weighted by atomic mass is 19.4. The maximum Gasteiger partial charge on any atom is 0.418 e. The molecule has 23 heavy (non-hydrogen) atoms. The van der Waals surface area contributed by atoms with Crippen molar-refractivity contribution in [3.63, 3.8) is 0 Å². The van der Waals surface area contributed by atoms with Crippen LogP contribution in [0.1, 0.15) is 36.4 Å². The molecule has 1 atom stereocenters. The molecule has 1 N–H and O–H groups in total. The minimum absolute atomic E-state index is 0.0224. The first-order chi connectivity index (χ1) is 11.0. The predicted octanol–water partition coefficient (Wildman–Crippen LogP) is 4.58. The van der Waals surface area contributed by atoms with Crippen LogP contribution < -0.4 is 5.32 Å². The van der Waals surface area contributed by atoms with Crippen molar-refractivity contribution in [3.05, 3.63) is 53.7 Å². The molecule has 2 fully saturated rings. The number of rotatable bonds is 2. The second kappa shape index (κ2) is 5.06. The van der Waals surface area contributed by atoms with Gasteiger partial charge in [-0.1, -0.05) is 24.3 Å². The minimum atomic E-state index is -4.41. The van der Waals surface area contributed by atoms with E-state index in [4.69, 9.17) is 0 Å². The standard InChI is InChI=1S/C18H17F3N2/c19-18(20,21)14-6-3-9-22-16(14)13-5-2-1-4-12(13)15-10-17(7-8-17)11-23-15/h1-6,9,15,23H,7-8,10-11H2. The molecule has 1 spiro atoms. The average molecular weight is 318 g/mol. The maximum absolute atomic E-state index is 13.3. The molecule has 0 radical (unpaired) electrons. The Labute approximate surface area is 132 Å². The van der Waals surface area contributed by atoms with Gasteiger partial charge in [-0.15, -0.1) is 0 Å². The van der Waals surface area contributed by atoms with E-state index in [1.807, 2.05) is 12.1 Å². The fraction of sp³-hybridized carbons (Fsp3) is 0.389. The average Bonchev–Trinajstić information content (AvgIpc) is 3.16. The van der Waals surface area contributed by atoms with Crippen LogP contribution in [0.5, 0.6) is 0 Å². The lowest BCUT2D eigenvalue weighted by Gasteiger charge is -2.18. The van der Waals surface area contributed by atoms with Crippen LogP contribution in [0.2, 0.25) is 0 Å². The van der Waals surface area contributed by atoms with E-state index in [-0.39, 0.29) is 11.7 Å². The molecule has 1 aliphatic heterocycles. The van der Waals surface area contributed by atoms with Crippen molar-refractivity contribution in [1.82, 2.24) is 10.3 Å². The third-order valence-corrected chi connectivity index (χ3v) is 5.02. The van der Waals surface area contributed by atoms with Gasteiger partial charge in [0.15, 0.2) is 0 Å². The predicted molar refractivity (Wildman–Crippen MR) is 81.7 cm³/mol. The number of nitrogens with zero attached hydrogens (tertiary/aromatic N) is 1. The van der Waals surface area contributed by atoms with Crippen LogP contribution in [-0.2, 0) is 6.18 Å². The molecule has 1 unspecified atom stereocenters. The van der Waals surface area contributed by atoms with Gasteiger partial charge in [-0.05, 0) is 42.4 Å². The zero-order valence-corrected chi connectivity index (χ0v) is 12.5. The van der Waals surface area contributed by atoms with E-state index in [1.54, 1.807) is 12.1 Å². The van der Waals surface area contributed by atoms with Crippen molar-refractivity contribution < 1.29 is 13.2 Å². The Kier molecular flexibility index (Phi) is 3.23. The first kappa shape index (κ1) is 14.7. The molecule has 1 saturated heterocycles. The van der Waals surface area contributed by atoms with E-state index in [2.05, 4.69) is 10.3 Å². The van der Waals surface area contributed by atoms with Gasteiger partial charge in [0.2, 0.25) is 0 Å². The number of halogens is 3. The van der Waals surface area contributed by atoms with Crippen LogP contribution in [0.25, 0.3) is 11.3 Å². The van der Waals surface area contributed by atoms with Crippen LogP contribution in [0.15, 0.2) is 42.6 Å². The highest BCUT2D eigenvalue weighted by molar-refractivity contribution is 5.68. The van der Waals surface area contributed by atoms with E-state index in [1.165, 1.54) is 25.1 Å². The molecule has 1 saturated carbocycles. The smallest absolute Gasteiger partial charge is 0.309 e. The molecule has 5 heteroatoms. The molecule has 2 heterocycles. The van der Waals surface area contributed by atoms with E-state index < -0.39 is 11.7 Å². The second-order valence-corrected chi connectivity index (χ2v) is 6.62. The van der Waals surface area contributed by atoms with Gasteiger partial charge in [-0.25, -0.2) is 0 Å². The van der Waals surface area contributed by atoms with Crippen LogP contribution >= 0.6 is 0 Å². The number of alkyl halides is 3. The summed E-state index contributed by atoms with van der Waals surface area (Å²) in [5.41, 5.74) is 1.23. The van der Waals surface area contributed by atoms with Crippen molar-refractivity contribution in [1.29, 1.82) is 0 Å². The van der Waals surface area contributed by atoms with Gasteiger partial charge in [0.25, 0.3) is 0 Å². The number of benzene rings is 1. The second-order valence-electron chi connectivity index (χ2n) is 6.62. The summed E-state index contributed by atoms with van der Waals surface area (Å²) < 4.78 is 40.0. The van der Waals surface area contributed by atoms with Crippen molar-refractivity contribution in [2.75, 3.05) is 6.54 Å². The molecule has 0 bridgehead atoms. The molecule has 2 nitrogen and oxygen atoms in total. The van der Waals surface area contributed by atoms with Gasteiger partial charge in [0.1, 0.15) is 0 Å². The summed E-state index contributed by atoms with van der Waals surface area (Å²) >= 11 is 0. The van der Waals surface area contributed by atoms with E-state index in [0.717, 1.165) is 24.6 Å². The van der Waals surface area contributed by atoms with E-state index in [9.17, 15) is 13.2 Å². The first-order valence-corrected chi connectivity index (χ1v) is 7.83. The Morgan fingerprint density at radius 1 is 1.09 bits per heavy atom. The third-order valence-electron chi connectivity index (χ3n) is 5.02. The monoisotopic (exact) mass is 318 g/mol. The topological polar surface area (TPSA) is 24.9 Å². The molecular weight excluding hydrogens is 301 g/mol. The number of hydrogen-bond acceptors (Lipinski definition) is 2. The molecule has 2 aliphatic rings. The van der Waals surface area contributed by atoms with Gasteiger partial charge in [0, 0.05) is 24.3 Å². The van der Waals surface area contributed by atoms with Gasteiger partial charge < -0.3 is 5.32 Å². The lowest BCUT2D eigenvalue weighted by Crippen LogP contribution is -2.15. The summed E-state index contributed by atoms with van der Waals surface area (Å²) in [5, 5.41) is 3.48. The summed E-state index contributed by atoms with van der Waals surface area (Å²) in [5.74, 6) is 0. The molecule has 1 aromatic heterocycles. The van der Waals surface area contributed by atoms with Gasteiger partial charge >= 0.3 is 6.18 Å².